The van der Waals surface area contributed by atoms with Crippen LogP contribution in [0.3, 0.4) is 0 Å². The summed E-state index contributed by atoms with van der Waals surface area (Å²) in [6.07, 6.45) is 1.97. The second kappa shape index (κ2) is 9.64. The van der Waals surface area contributed by atoms with E-state index in [1.807, 2.05) is 6.92 Å². The van der Waals surface area contributed by atoms with Gasteiger partial charge in [0.2, 0.25) is 0 Å². The minimum Gasteiger partial charge on any atom is -0.379 e. The number of nitrogens with zero attached hydrogens (tertiary/aromatic N) is 1. The first kappa shape index (κ1) is 18.7. The molecule has 0 aromatic heterocycles. The minimum absolute atomic E-state index is 0.0900. The SMILES string of the molecule is CCc1ccc(C(CNC(=O)NC(C)CC)N2CCOCC2)cc1. The molecule has 1 fully saturated rings. The van der Waals surface area contributed by atoms with Gasteiger partial charge in [0, 0.05) is 25.7 Å². The summed E-state index contributed by atoms with van der Waals surface area (Å²) in [6, 6.07) is 9.02. The Balaban J connectivity index is 2.03. The number of benzene rings is 1. The van der Waals surface area contributed by atoms with Crippen LogP contribution < -0.4 is 10.6 Å². The summed E-state index contributed by atoms with van der Waals surface area (Å²) in [4.78, 5) is 14.5. The van der Waals surface area contributed by atoms with Crippen molar-refractivity contribution >= 4 is 6.03 Å². The first-order valence-electron chi connectivity index (χ1n) is 9.09. The van der Waals surface area contributed by atoms with Crippen molar-refractivity contribution in [2.24, 2.45) is 0 Å². The summed E-state index contributed by atoms with van der Waals surface area (Å²) < 4.78 is 5.47. The molecule has 1 heterocycles. The molecule has 1 aliphatic heterocycles. The molecule has 2 amide bonds. The fourth-order valence-electron chi connectivity index (χ4n) is 2.89. The number of ether oxygens (including phenoxy) is 1. The van der Waals surface area contributed by atoms with E-state index in [1.54, 1.807) is 0 Å². The van der Waals surface area contributed by atoms with Gasteiger partial charge in [-0.05, 0) is 30.9 Å². The van der Waals surface area contributed by atoms with Gasteiger partial charge in [-0.15, -0.1) is 0 Å². The molecule has 2 N–H and O–H groups in total. The Hall–Kier alpha value is -1.59. The smallest absolute Gasteiger partial charge is 0.315 e. The van der Waals surface area contributed by atoms with Crippen LogP contribution >= 0.6 is 0 Å². The van der Waals surface area contributed by atoms with E-state index < -0.39 is 0 Å². The van der Waals surface area contributed by atoms with E-state index in [4.69, 9.17) is 4.74 Å². The van der Waals surface area contributed by atoms with E-state index in [0.29, 0.717) is 6.54 Å². The Morgan fingerprint density at radius 1 is 1.21 bits per heavy atom. The molecule has 1 aliphatic rings. The molecule has 2 unspecified atom stereocenters. The van der Waals surface area contributed by atoms with Gasteiger partial charge in [0.15, 0.2) is 0 Å². The van der Waals surface area contributed by atoms with Gasteiger partial charge in [0.1, 0.15) is 0 Å². The van der Waals surface area contributed by atoms with Crippen molar-refractivity contribution in [1.82, 2.24) is 15.5 Å². The van der Waals surface area contributed by atoms with E-state index in [2.05, 4.69) is 53.6 Å². The number of morpholine rings is 1. The molecule has 0 radical (unpaired) electrons. The third kappa shape index (κ3) is 5.49. The van der Waals surface area contributed by atoms with Gasteiger partial charge in [-0.1, -0.05) is 38.1 Å². The number of hydrogen-bond donors (Lipinski definition) is 2. The Morgan fingerprint density at radius 2 is 1.88 bits per heavy atom. The van der Waals surface area contributed by atoms with Crippen molar-refractivity contribution < 1.29 is 9.53 Å². The van der Waals surface area contributed by atoms with Gasteiger partial charge in [-0.25, -0.2) is 4.79 Å². The molecular weight excluding hydrogens is 302 g/mol. The molecule has 1 aromatic carbocycles. The molecular formula is C19H31N3O2. The lowest BCUT2D eigenvalue weighted by Crippen LogP contribution is -2.47. The molecule has 5 heteroatoms. The van der Waals surface area contributed by atoms with Crippen LogP contribution in [0.2, 0.25) is 0 Å². The number of hydrogen-bond acceptors (Lipinski definition) is 3. The fourth-order valence-corrected chi connectivity index (χ4v) is 2.89. The lowest BCUT2D eigenvalue weighted by molar-refractivity contribution is 0.0167. The van der Waals surface area contributed by atoms with Crippen LogP contribution in [0.1, 0.15) is 44.4 Å². The molecule has 0 spiro atoms. The molecule has 0 aliphatic carbocycles. The normalized spacial score (nSPS) is 18.0. The predicted molar refractivity (Wildman–Crippen MR) is 97.2 cm³/mol. The highest BCUT2D eigenvalue weighted by Gasteiger charge is 2.23. The van der Waals surface area contributed by atoms with Crippen LogP contribution in [0, 0.1) is 0 Å². The zero-order chi connectivity index (χ0) is 17.4. The lowest BCUT2D eigenvalue weighted by atomic mass is 10.0. The molecule has 5 nitrogen and oxygen atoms in total. The van der Waals surface area contributed by atoms with Gasteiger partial charge in [-0.2, -0.15) is 0 Å². The van der Waals surface area contributed by atoms with Crippen LogP contribution in [-0.2, 0) is 11.2 Å². The maximum absolute atomic E-state index is 12.1. The van der Waals surface area contributed by atoms with E-state index in [0.717, 1.165) is 39.1 Å². The van der Waals surface area contributed by atoms with E-state index in [9.17, 15) is 4.79 Å². The molecule has 0 saturated carbocycles. The van der Waals surface area contributed by atoms with Crippen molar-refractivity contribution in [3.63, 3.8) is 0 Å². The average Bonchev–Trinajstić information content (AvgIpc) is 2.63. The van der Waals surface area contributed by atoms with Crippen LogP contribution in [0.5, 0.6) is 0 Å². The number of aryl methyl sites for hydroxylation is 1. The lowest BCUT2D eigenvalue weighted by Gasteiger charge is -2.35. The van der Waals surface area contributed by atoms with Crippen molar-refractivity contribution in [1.29, 1.82) is 0 Å². The molecule has 24 heavy (non-hydrogen) atoms. The number of nitrogens with one attached hydrogen (secondary N) is 2. The van der Waals surface area contributed by atoms with Crippen molar-refractivity contribution in [3.8, 4) is 0 Å². The molecule has 0 bridgehead atoms. The van der Waals surface area contributed by atoms with Crippen molar-refractivity contribution in [3.05, 3.63) is 35.4 Å². The first-order chi connectivity index (χ1) is 11.6. The van der Waals surface area contributed by atoms with E-state index in [1.165, 1.54) is 11.1 Å². The summed E-state index contributed by atoms with van der Waals surface area (Å²) >= 11 is 0. The maximum atomic E-state index is 12.1. The Bertz CT molecular complexity index is 498. The topological polar surface area (TPSA) is 53.6 Å². The van der Waals surface area contributed by atoms with E-state index in [-0.39, 0.29) is 18.1 Å². The highest BCUT2D eigenvalue weighted by molar-refractivity contribution is 5.74. The van der Waals surface area contributed by atoms with Crippen LogP contribution in [0.15, 0.2) is 24.3 Å². The van der Waals surface area contributed by atoms with Gasteiger partial charge in [-0.3, -0.25) is 4.90 Å². The number of urea groups is 1. The first-order valence-corrected chi connectivity index (χ1v) is 9.09. The zero-order valence-electron chi connectivity index (χ0n) is 15.2. The number of carbonyl (C=O) groups is 1. The highest BCUT2D eigenvalue weighted by atomic mass is 16.5. The summed E-state index contributed by atoms with van der Waals surface area (Å²) in [5.74, 6) is 0. The summed E-state index contributed by atoms with van der Waals surface area (Å²) in [5, 5.41) is 6.00. The van der Waals surface area contributed by atoms with Crippen LogP contribution in [0.4, 0.5) is 4.79 Å². The van der Waals surface area contributed by atoms with Crippen molar-refractivity contribution in [2.45, 2.75) is 45.7 Å². The summed E-state index contributed by atoms with van der Waals surface area (Å²) in [6.45, 7) is 10.2. The molecule has 1 aromatic rings. The minimum atomic E-state index is -0.0900. The third-order valence-electron chi connectivity index (χ3n) is 4.71. The van der Waals surface area contributed by atoms with Gasteiger partial charge in [0.25, 0.3) is 0 Å². The zero-order valence-corrected chi connectivity index (χ0v) is 15.2. The number of amides is 2. The molecule has 1 saturated heterocycles. The molecule has 134 valence electrons. The van der Waals surface area contributed by atoms with Gasteiger partial charge in [0.05, 0.1) is 19.3 Å². The quantitative estimate of drug-likeness (QED) is 0.807. The monoisotopic (exact) mass is 333 g/mol. The summed E-state index contributed by atoms with van der Waals surface area (Å²) in [5.41, 5.74) is 2.58. The average molecular weight is 333 g/mol. The van der Waals surface area contributed by atoms with Gasteiger partial charge < -0.3 is 15.4 Å². The second-order valence-corrected chi connectivity index (χ2v) is 6.42. The largest absolute Gasteiger partial charge is 0.379 e. The summed E-state index contributed by atoms with van der Waals surface area (Å²) in [7, 11) is 0. The van der Waals surface area contributed by atoms with E-state index >= 15 is 0 Å². The number of carbonyl (C=O) groups excluding carboxylic acids is 1. The molecule has 2 rings (SSSR count). The Labute approximate surface area is 145 Å². The Morgan fingerprint density at radius 3 is 2.46 bits per heavy atom. The predicted octanol–water partition coefficient (Wildman–Crippen LogP) is 2.72. The standard InChI is InChI=1S/C19H31N3O2/c1-4-15(3)21-19(23)20-14-18(22-10-12-24-13-11-22)17-8-6-16(5-2)7-9-17/h6-9,15,18H,4-5,10-14H2,1-3H3,(H2,20,21,23). The second-order valence-electron chi connectivity index (χ2n) is 6.42. The Kier molecular flexibility index (Phi) is 7.53. The van der Waals surface area contributed by atoms with Crippen LogP contribution in [-0.4, -0.2) is 49.8 Å². The fraction of sp³-hybridized carbons (Fsp3) is 0.632. The van der Waals surface area contributed by atoms with Gasteiger partial charge >= 0.3 is 6.03 Å². The molecule has 2 atom stereocenters. The third-order valence-corrected chi connectivity index (χ3v) is 4.71. The highest BCUT2D eigenvalue weighted by Crippen LogP contribution is 2.22. The number of rotatable bonds is 7. The maximum Gasteiger partial charge on any atom is 0.315 e. The van der Waals surface area contributed by atoms with Crippen molar-refractivity contribution in [2.75, 3.05) is 32.8 Å². The van der Waals surface area contributed by atoms with Crippen LogP contribution in [0.25, 0.3) is 0 Å².